The molecule has 0 fully saturated rings. The van der Waals surface area contributed by atoms with Crippen LogP contribution in [-0.4, -0.2) is 27.2 Å². The van der Waals surface area contributed by atoms with Gasteiger partial charge in [-0.2, -0.15) is 0 Å². The highest BCUT2D eigenvalue weighted by molar-refractivity contribution is 5.64. The van der Waals surface area contributed by atoms with E-state index in [9.17, 15) is 0 Å². The van der Waals surface area contributed by atoms with Gasteiger partial charge in [0.25, 0.3) is 0 Å². The largest absolute Gasteiger partial charge is 0.495 e. The van der Waals surface area contributed by atoms with E-state index in [2.05, 4.69) is 22.8 Å². The summed E-state index contributed by atoms with van der Waals surface area (Å²) in [7, 11) is 3.72. The summed E-state index contributed by atoms with van der Waals surface area (Å²) in [6.07, 6.45) is 1.18. The van der Waals surface area contributed by atoms with E-state index in [0.717, 1.165) is 18.8 Å². The number of hydrogen-bond acceptors (Lipinski definition) is 3. The molecule has 0 spiro atoms. The van der Waals surface area contributed by atoms with E-state index in [0.29, 0.717) is 5.92 Å². The van der Waals surface area contributed by atoms with Gasteiger partial charge in [-0.3, -0.25) is 0 Å². The summed E-state index contributed by atoms with van der Waals surface area (Å²) in [4.78, 5) is 0. The highest BCUT2D eigenvalue weighted by Crippen LogP contribution is 2.37. The normalized spacial score (nSPS) is 19.2. The quantitative estimate of drug-likeness (QED) is 0.791. The molecule has 15 heavy (non-hydrogen) atoms. The van der Waals surface area contributed by atoms with Gasteiger partial charge in [-0.15, -0.1) is 0 Å². The van der Waals surface area contributed by atoms with Crippen LogP contribution in [0.1, 0.15) is 17.9 Å². The van der Waals surface area contributed by atoms with Crippen molar-refractivity contribution in [3.63, 3.8) is 0 Å². The predicted molar refractivity (Wildman–Crippen MR) is 62.8 cm³/mol. The van der Waals surface area contributed by atoms with Crippen LogP contribution in [0.15, 0.2) is 18.2 Å². The zero-order valence-electron chi connectivity index (χ0n) is 9.34. The average Bonchev–Trinajstić information content (AvgIpc) is 2.29. The third kappa shape index (κ3) is 1.92. The van der Waals surface area contributed by atoms with Gasteiger partial charge in [0.05, 0.1) is 12.8 Å². The van der Waals surface area contributed by atoms with Gasteiger partial charge in [0, 0.05) is 19.0 Å². The SMILES string of the molecule is CNCC1CCNc2c(OC)cccc21. The van der Waals surface area contributed by atoms with Gasteiger partial charge >= 0.3 is 0 Å². The molecule has 0 aromatic heterocycles. The van der Waals surface area contributed by atoms with Crippen LogP contribution >= 0.6 is 0 Å². The zero-order chi connectivity index (χ0) is 10.7. The number of rotatable bonds is 3. The van der Waals surface area contributed by atoms with E-state index in [1.165, 1.54) is 17.7 Å². The van der Waals surface area contributed by atoms with E-state index in [1.807, 2.05) is 13.1 Å². The van der Waals surface area contributed by atoms with E-state index in [1.54, 1.807) is 7.11 Å². The molecule has 2 N–H and O–H groups in total. The molecule has 2 rings (SSSR count). The Bertz CT molecular complexity index is 338. The van der Waals surface area contributed by atoms with Gasteiger partial charge in [-0.1, -0.05) is 12.1 Å². The average molecular weight is 206 g/mol. The number of methoxy groups -OCH3 is 1. The Morgan fingerprint density at radius 1 is 1.53 bits per heavy atom. The molecule has 3 nitrogen and oxygen atoms in total. The minimum Gasteiger partial charge on any atom is -0.495 e. The molecule has 1 unspecified atom stereocenters. The topological polar surface area (TPSA) is 33.3 Å². The van der Waals surface area contributed by atoms with E-state index in [4.69, 9.17) is 4.74 Å². The van der Waals surface area contributed by atoms with Crippen molar-refractivity contribution in [3.05, 3.63) is 23.8 Å². The smallest absolute Gasteiger partial charge is 0.142 e. The summed E-state index contributed by atoms with van der Waals surface area (Å²) in [5.41, 5.74) is 2.54. The monoisotopic (exact) mass is 206 g/mol. The lowest BCUT2D eigenvalue weighted by molar-refractivity contribution is 0.414. The number of para-hydroxylation sites is 1. The Hall–Kier alpha value is -1.22. The molecule has 0 saturated carbocycles. The number of hydrogen-bond donors (Lipinski definition) is 2. The molecule has 1 heterocycles. The zero-order valence-corrected chi connectivity index (χ0v) is 9.34. The molecular formula is C12H18N2O. The number of benzene rings is 1. The first kappa shape index (κ1) is 10.3. The summed E-state index contributed by atoms with van der Waals surface area (Å²) >= 11 is 0. The number of fused-ring (bicyclic) bond motifs is 1. The van der Waals surface area contributed by atoms with Crippen molar-refractivity contribution in [1.82, 2.24) is 5.32 Å². The van der Waals surface area contributed by atoms with E-state index in [-0.39, 0.29) is 0 Å². The van der Waals surface area contributed by atoms with Crippen molar-refractivity contribution >= 4 is 5.69 Å². The fourth-order valence-corrected chi connectivity index (χ4v) is 2.23. The van der Waals surface area contributed by atoms with Crippen LogP contribution < -0.4 is 15.4 Å². The standard InChI is InChI=1S/C12H18N2O/c1-13-8-9-6-7-14-12-10(9)4-3-5-11(12)15-2/h3-5,9,13-14H,6-8H2,1-2H3. The summed E-state index contributed by atoms with van der Waals surface area (Å²) in [6.45, 7) is 2.06. The Morgan fingerprint density at radius 3 is 3.13 bits per heavy atom. The highest BCUT2D eigenvalue weighted by atomic mass is 16.5. The third-order valence-corrected chi connectivity index (χ3v) is 2.96. The maximum atomic E-state index is 5.36. The Labute approximate surface area is 90.8 Å². The number of likely N-dealkylation sites (N-methyl/N-ethyl adjacent to an activating group) is 1. The van der Waals surface area contributed by atoms with Gasteiger partial charge in [0.1, 0.15) is 5.75 Å². The van der Waals surface area contributed by atoms with Crippen molar-refractivity contribution in [2.75, 3.05) is 32.6 Å². The van der Waals surface area contributed by atoms with Gasteiger partial charge in [-0.05, 0) is 25.1 Å². The molecule has 3 heteroatoms. The first-order chi connectivity index (χ1) is 7.36. The second-order valence-corrected chi connectivity index (χ2v) is 3.89. The van der Waals surface area contributed by atoms with E-state index >= 15 is 0 Å². The Morgan fingerprint density at radius 2 is 2.40 bits per heavy atom. The van der Waals surface area contributed by atoms with Crippen molar-refractivity contribution < 1.29 is 4.74 Å². The maximum Gasteiger partial charge on any atom is 0.142 e. The lowest BCUT2D eigenvalue weighted by atomic mass is 9.90. The summed E-state index contributed by atoms with van der Waals surface area (Å²) in [5, 5.41) is 6.66. The molecule has 1 aromatic rings. The molecule has 1 aromatic carbocycles. The lowest BCUT2D eigenvalue weighted by Gasteiger charge is -2.27. The minimum atomic E-state index is 0.598. The summed E-state index contributed by atoms with van der Waals surface area (Å²) in [5.74, 6) is 1.55. The van der Waals surface area contributed by atoms with Crippen LogP contribution in [0.25, 0.3) is 0 Å². The van der Waals surface area contributed by atoms with Crippen molar-refractivity contribution in [2.45, 2.75) is 12.3 Å². The molecule has 0 saturated heterocycles. The Kier molecular flexibility index (Phi) is 3.11. The van der Waals surface area contributed by atoms with Crippen molar-refractivity contribution in [3.8, 4) is 5.75 Å². The summed E-state index contributed by atoms with van der Waals surface area (Å²) < 4.78 is 5.36. The van der Waals surface area contributed by atoms with Crippen LogP contribution in [0.4, 0.5) is 5.69 Å². The number of ether oxygens (including phenoxy) is 1. The molecule has 1 aliphatic heterocycles. The van der Waals surface area contributed by atoms with Crippen LogP contribution in [-0.2, 0) is 0 Å². The maximum absolute atomic E-state index is 5.36. The van der Waals surface area contributed by atoms with Gasteiger partial charge < -0.3 is 15.4 Å². The van der Waals surface area contributed by atoms with Crippen LogP contribution in [0.2, 0.25) is 0 Å². The molecule has 0 radical (unpaired) electrons. The minimum absolute atomic E-state index is 0.598. The van der Waals surface area contributed by atoms with Crippen LogP contribution in [0.3, 0.4) is 0 Å². The first-order valence-electron chi connectivity index (χ1n) is 5.42. The third-order valence-electron chi connectivity index (χ3n) is 2.96. The lowest BCUT2D eigenvalue weighted by Crippen LogP contribution is -2.24. The molecule has 82 valence electrons. The number of nitrogens with one attached hydrogen (secondary N) is 2. The van der Waals surface area contributed by atoms with Gasteiger partial charge in [0.15, 0.2) is 0 Å². The van der Waals surface area contributed by atoms with E-state index < -0.39 is 0 Å². The molecule has 1 aliphatic rings. The molecule has 0 amide bonds. The molecule has 0 bridgehead atoms. The van der Waals surface area contributed by atoms with Crippen LogP contribution in [0.5, 0.6) is 5.75 Å². The van der Waals surface area contributed by atoms with Crippen molar-refractivity contribution in [1.29, 1.82) is 0 Å². The fraction of sp³-hybridized carbons (Fsp3) is 0.500. The van der Waals surface area contributed by atoms with Crippen LogP contribution in [0, 0.1) is 0 Å². The van der Waals surface area contributed by atoms with Gasteiger partial charge in [-0.25, -0.2) is 0 Å². The molecular weight excluding hydrogens is 188 g/mol. The number of anilines is 1. The fourth-order valence-electron chi connectivity index (χ4n) is 2.23. The second kappa shape index (κ2) is 4.53. The molecule has 0 aliphatic carbocycles. The Balaban J connectivity index is 2.35. The predicted octanol–water partition coefficient (Wildman–Crippen LogP) is 1.81. The first-order valence-corrected chi connectivity index (χ1v) is 5.42. The summed E-state index contributed by atoms with van der Waals surface area (Å²) in [6, 6.07) is 6.26. The highest BCUT2D eigenvalue weighted by Gasteiger charge is 2.21. The van der Waals surface area contributed by atoms with Gasteiger partial charge in [0.2, 0.25) is 0 Å². The second-order valence-electron chi connectivity index (χ2n) is 3.89. The van der Waals surface area contributed by atoms with Crippen molar-refractivity contribution in [2.24, 2.45) is 0 Å². The molecule has 1 atom stereocenters.